The summed E-state index contributed by atoms with van der Waals surface area (Å²) < 4.78 is 36.5. The molecule has 4 aromatic rings. The summed E-state index contributed by atoms with van der Waals surface area (Å²) in [6, 6.07) is 6.71. The molecule has 38 heavy (non-hydrogen) atoms. The van der Waals surface area contributed by atoms with E-state index in [9.17, 15) is 18.4 Å². The van der Waals surface area contributed by atoms with Gasteiger partial charge in [0.25, 0.3) is 5.91 Å². The number of imidazole rings is 1. The summed E-state index contributed by atoms with van der Waals surface area (Å²) in [6.07, 6.45) is 5.94. The van der Waals surface area contributed by atoms with Crippen molar-refractivity contribution in [1.29, 1.82) is 0 Å². The number of carbonyl (C=O) groups excluding carboxylic acids is 1. The number of amides is 1. The van der Waals surface area contributed by atoms with Crippen LogP contribution in [0.3, 0.4) is 0 Å². The molecule has 0 bridgehead atoms. The summed E-state index contributed by atoms with van der Waals surface area (Å²) in [5, 5.41) is 16.1. The van der Waals surface area contributed by atoms with Crippen molar-refractivity contribution in [3.63, 3.8) is 0 Å². The molecule has 1 unspecified atom stereocenters. The number of carbonyl (C=O) groups is 2. The highest BCUT2D eigenvalue weighted by molar-refractivity contribution is 6.01. The van der Waals surface area contributed by atoms with Gasteiger partial charge in [0.2, 0.25) is 5.88 Å². The predicted molar refractivity (Wildman–Crippen MR) is 131 cm³/mol. The minimum atomic E-state index is -1.43. The number of anilines is 1. The van der Waals surface area contributed by atoms with Gasteiger partial charge in [-0.25, -0.2) is 18.1 Å². The maximum absolute atomic E-state index is 14.6. The molecule has 2 atom stereocenters. The lowest BCUT2D eigenvalue weighted by Gasteiger charge is -2.27. The molecule has 6 rings (SSSR count). The van der Waals surface area contributed by atoms with Gasteiger partial charge in [-0.05, 0) is 49.6 Å². The average molecular weight is 523 g/mol. The number of carboxylic acid groups (broad SMARTS) is 1. The van der Waals surface area contributed by atoms with Crippen LogP contribution in [-0.2, 0) is 13.0 Å². The van der Waals surface area contributed by atoms with E-state index in [1.807, 2.05) is 21.6 Å². The lowest BCUT2D eigenvalue weighted by Crippen LogP contribution is -2.40. The first-order valence-corrected chi connectivity index (χ1v) is 12.3. The van der Waals surface area contributed by atoms with E-state index in [4.69, 9.17) is 5.11 Å². The molecule has 1 fully saturated rings. The van der Waals surface area contributed by atoms with Gasteiger partial charge in [-0.2, -0.15) is 10.1 Å². The molecule has 0 radical (unpaired) electrons. The highest BCUT2D eigenvalue weighted by Gasteiger charge is 2.30. The fourth-order valence-electron chi connectivity index (χ4n) is 5.42. The summed E-state index contributed by atoms with van der Waals surface area (Å²) >= 11 is 0. The molecule has 196 valence electrons. The third-order valence-corrected chi connectivity index (χ3v) is 7.16. The Bertz CT molecular complexity index is 1550. The second kappa shape index (κ2) is 9.43. The standard InChI is InChI=1S/C26H24F2N6O4/c27-15-3-4-20(28)18(10-15)21-2-1-7-33(21)17-6-9-34-22(12-17)19(13-29-34)25(35)30-16-5-8-32-14-24(38-26(36)37)31-23(32)11-16/h3-4,6,9-10,12-14,16,21H,1-2,5,7-8,11H2,(H,30,35)(H,36,37)/t16?,21-/m1/s1. The topological polar surface area (TPSA) is 114 Å². The van der Waals surface area contributed by atoms with Crippen molar-refractivity contribution in [2.45, 2.75) is 44.3 Å². The molecule has 5 heterocycles. The number of fused-ring (bicyclic) bond motifs is 2. The van der Waals surface area contributed by atoms with E-state index in [0.717, 1.165) is 24.2 Å². The fraction of sp³-hybridized carbons (Fsp3) is 0.308. The molecule has 3 aromatic heterocycles. The van der Waals surface area contributed by atoms with E-state index in [2.05, 4.69) is 20.1 Å². The van der Waals surface area contributed by atoms with Crippen LogP contribution in [-0.4, -0.2) is 48.9 Å². The number of ether oxygens (including phenoxy) is 1. The highest BCUT2D eigenvalue weighted by Crippen LogP contribution is 2.38. The van der Waals surface area contributed by atoms with Crippen LogP contribution in [0.5, 0.6) is 5.88 Å². The van der Waals surface area contributed by atoms with Crippen LogP contribution in [0.4, 0.5) is 19.3 Å². The second-order valence-corrected chi connectivity index (χ2v) is 9.51. The molecule has 10 nitrogen and oxygen atoms in total. The molecule has 1 saturated heterocycles. The molecule has 0 spiro atoms. The largest absolute Gasteiger partial charge is 0.512 e. The Morgan fingerprint density at radius 2 is 2.00 bits per heavy atom. The van der Waals surface area contributed by atoms with Crippen molar-refractivity contribution in [1.82, 2.24) is 24.5 Å². The third kappa shape index (κ3) is 4.42. The van der Waals surface area contributed by atoms with Gasteiger partial charge in [-0.3, -0.25) is 4.79 Å². The molecule has 1 amide bonds. The molecule has 0 saturated carbocycles. The highest BCUT2D eigenvalue weighted by atomic mass is 19.1. The molecule has 2 aliphatic rings. The Balaban J connectivity index is 1.22. The van der Waals surface area contributed by atoms with Gasteiger partial charge in [0.15, 0.2) is 0 Å². The molecular formula is C26H24F2N6O4. The van der Waals surface area contributed by atoms with Crippen LogP contribution in [0, 0.1) is 11.6 Å². The zero-order chi connectivity index (χ0) is 26.4. The maximum Gasteiger partial charge on any atom is 0.512 e. The Hall–Kier alpha value is -4.48. The summed E-state index contributed by atoms with van der Waals surface area (Å²) in [7, 11) is 0. The molecular weight excluding hydrogens is 498 g/mol. The number of aryl methyl sites for hydroxylation is 1. The van der Waals surface area contributed by atoms with Crippen molar-refractivity contribution < 1.29 is 28.2 Å². The Morgan fingerprint density at radius 3 is 2.84 bits per heavy atom. The minimum absolute atomic E-state index is 0.00738. The maximum atomic E-state index is 14.6. The van der Waals surface area contributed by atoms with E-state index in [1.54, 1.807) is 10.7 Å². The van der Waals surface area contributed by atoms with Gasteiger partial charge >= 0.3 is 6.16 Å². The number of hydrogen-bond donors (Lipinski definition) is 2. The van der Waals surface area contributed by atoms with Crippen LogP contribution in [0.1, 0.15) is 47.1 Å². The Morgan fingerprint density at radius 1 is 1.13 bits per heavy atom. The number of nitrogens with zero attached hydrogens (tertiary/aromatic N) is 5. The fourth-order valence-corrected chi connectivity index (χ4v) is 5.42. The number of pyridine rings is 1. The lowest BCUT2D eigenvalue weighted by molar-refractivity contribution is 0.0932. The van der Waals surface area contributed by atoms with Crippen LogP contribution in [0.2, 0.25) is 0 Å². The third-order valence-electron chi connectivity index (χ3n) is 7.16. The second-order valence-electron chi connectivity index (χ2n) is 9.51. The zero-order valence-corrected chi connectivity index (χ0v) is 20.2. The van der Waals surface area contributed by atoms with E-state index < -0.39 is 17.8 Å². The van der Waals surface area contributed by atoms with Crippen LogP contribution in [0.15, 0.2) is 48.9 Å². The van der Waals surface area contributed by atoms with Crippen LogP contribution >= 0.6 is 0 Å². The Labute approximate surface area is 215 Å². The summed E-state index contributed by atoms with van der Waals surface area (Å²) in [5.41, 5.74) is 2.11. The summed E-state index contributed by atoms with van der Waals surface area (Å²) in [5.74, 6) is -0.575. The zero-order valence-electron chi connectivity index (χ0n) is 20.2. The number of hydrogen-bond acceptors (Lipinski definition) is 6. The first-order valence-electron chi connectivity index (χ1n) is 12.3. The number of halogens is 2. The summed E-state index contributed by atoms with van der Waals surface area (Å²) in [6.45, 7) is 1.23. The van der Waals surface area contributed by atoms with Crippen molar-refractivity contribution in [3.8, 4) is 5.88 Å². The van der Waals surface area contributed by atoms with Crippen LogP contribution < -0.4 is 15.0 Å². The minimum Gasteiger partial charge on any atom is -0.449 e. The van der Waals surface area contributed by atoms with Gasteiger partial charge in [-0.1, -0.05) is 0 Å². The van der Waals surface area contributed by atoms with Gasteiger partial charge in [0.1, 0.15) is 17.5 Å². The number of benzene rings is 1. The normalized spacial score (nSPS) is 18.9. The monoisotopic (exact) mass is 522 g/mol. The summed E-state index contributed by atoms with van der Waals surface area (Å²) in [4.78, 5) is 30.3. The van der Waals surface area contributed by atoms with E-state index in [1.165, 1.54) is 18.5 Å². The smallest absolute Gasteiger partial charge is 0.449 e. The van der Waals surface area contributed by atoms with Crippen molar-refractivity contribution >= 4 is 23.3 Å². The van der Waals surface area contributed by atoms with Gasteiger partial charge in [0, 0.05) is 43.0 Å². The van der Waals surface area contributed by atoms with Gasteiger partial charge in [-0.15, -0.1) is 0 Å². The van der Waals surface area contributed by atoms with Crippen molar-refractivity contribution in [3.05, 3.63) is 77.5 Å². The quantitative estimate of drug-likeness (QED) is 0.382. The first kappa shape index (κ1) is 23.9. The van der Waals surface area contributed by atoms with E-state index >= 15 is 0 Å². The molecule has 1 aromatic carbocycles. The lowest BCUT2D eigenvalue weighted by atomic mass is 10.0. The Kier molecular flexibility index (Phi) is 5.93. The molecule has 12 heteroatoms. The predicted octanol–water partition coefficient (Wildman–Crippen LogP) is 3.95. The van der Waals surface area contributed by atoms with Crippen LogP contribution in [0.25, 0.3) is 5.52 Å². The number of aromatic nitrogens is 4. The SMILES string of the molecule is O=C(O)Oc1cn2c(n1)CC(NC(=O)c1cnn3ccc(N4CCC[C@@H]4c4cc(F)ccc4F)cc13)CC2. The first-order chi connectivity index (χ1) is 18.4. The van der Waals surface area contributed by atoms with E-state index in [-0.39, 0.29) is 23.9 Å². The van der Waals surface area contributed by atoms with Crippen molar-refractivity contribution in [2.24, 2.45) is 0 Å². The number of rotatable bonds is 5. The number of nitrogens with one attached hydrogen (secondary N) is 1. The van der Waals surface area contributed by atoms with Gasteiger partial charge < -0.3 is 24.6 Å². The van der Waals surface area contributed by atoms with E-state index in [0.29, 0.717) is 54.8 Å². The molecule has 0 aliphatic carbocycles. The van der Waals surface area contributed by atoms with Crippen molar-refractivity contribution in [2.75, 3.05) is 11.4 Å². The molecule has 2 aliphatic heterocycles. The van der Waals surface area contributed by atoms with Gasteiger partial charge in [0.05, 0.1) is 29.5 Å². The average Bonchev–Trinajstić information content (AvgIpc) is 3.62. The molecule has 2 N–H and O–H groups in total.